The fourth-order valence-electron chi connectivity index (χ4n) is 0.668. The first-order chi connectivity index (χ1) is 5.66. The Kier molecular flexibility index (Phi) is 5.69. The molecule has 0 spiro atoms. The van der Waals surface area contributed by atoms with Gasteiger partial charge in [-0.25, -0.2) is 0 Å². The van der Waals surface area contributed by atoms with Gasteiger partial charge in [0.1, 0.15) is 0 Å². The van der Waals surface area contributed by atoms with Crippen LogP contribution in [0.2, 0.25) is 0 Å². The van der Waals surface area contributed by atoms with Crippen molar-refractivity contribution in [2.45, 2.75) is 19.3 Å². The lowest BCUT2D eigenvalue weighted by molar-refractivity contribution is -0.305. The SMILES string of the molecule is C=CCNC(=O)CCCC(=O)[O-]. The lowest BCUT2D eigenvalue weighted by atomic mass is 10.2. The van der Waals surface area contributed by atoms with Gasteiger partial charge in [-0.1, -0.05) is 6.08 Å². The van der Waals surface area contributed by atoms with Gasteiger partial charge in [0.15, 0.2) is 0 Å². The summed E-state index contributed by atoms with van der Waals surface area (Å²) >= 11 is 0. The molecular formula is C8H12NO3-. The quantitative estimate of drug-likeness (QED) is 0.531. The molecule has 4 nitrogen and oxygen atoms in total. The number of carboxylic acid groups (broad SMARTS) is 1. The summed E-state index contributed by atoms with van der Waals surface area (Å²) in [5.41, 5.74) is 0. The summed E-state index contributed by atoms with van der Waals surface area (Å²) in [5.74, 6) is -1.28. The normalized spacial score (nSPS) is 9.00. The highest BCUT2D eigenvalue weighted by Gasteiger charge is 1.98. The Morgan fingerprint density at radius 3 is 2.58 bits per heavy atom. The molecule has 68 valence electrons. The fraction of sp³-hybridized carbons (Fsp3) is 0.500. The van der Waals surface area contributed by atoms with Crippen LogP contribution in [0.1, 0.15) is 19.3 Å². The minimum absolute atomic E-state index is 0.0679. The smallest absolute Gasteiger partial charge is 0.220 e. The number of nitrogens with one attached hydrogen (secondary N) is 1. The molecule has 1 N–H and O–H groups in total. The van der Waals surface area contributed by atoms with Gasteiger partial charge in [0.2, 0.25) is 5.91 Å². The Morgan fingerprint density at radius 1 is 1.42 bits per heavy atom. The van der Waals surface area contributed by atoms with Crippen molar-refractivity contribution in [2.75, 3.05) is 6.54 Å². The molecule has 0 heterocycles. The molecule has 1 amide bonds. The van der Waals surface area contributed by atoms with Crippen LogP contribution < -0.4 is 10.4 Å². The number of carboxylic acids is 1. The van der Waals surface area contributed by atoms with Gasteiger partial charge in [0, 0.05) is 18.9 Å². The predicted molar refractivity (Wildman–Crippen MR) is 42.1 cm³/mol. The largest absolute Gasteiger partial charge is 0.550 e. The molecule has 0 radical (unpaired) electrons. The highest BCUT2D eigenvalue weighted by molar-refractivity contribution is 5.76. The molecule has 0 aliphatic heterocycles. The van der Waals surface area contributed by atoms with Crippen LogP contribution in [0.5, 0.6) is 0 Å². The minimum Gasteiger partial charge on any atom is -0.550 e. The molecule has 0 saturated carbocycles. The van der Waals surface area contributed by atoms with Crippen molar-refractivity contribution in [1.82, 2.24) is 5.32 Å². The second kappa shape index (κ2) is 6.39. The number of aliphatic carboxylic acids is 1. The molecule has 0 aliphatic carbocycles. The Labute approximate surface area is 71.3 Å². The number of carbonyl (C=O) groups excluding carboxylic acids is 2. The summed E-state index contributed by atoms with van der Waals surface area (Å²) in [4.78, 5) is 20.7. The standard InChI is InChI=1S/C8H13NO3/c1-2-6-9-7(10)4-3-5-8(11)12/h2H,1,3-6H2,(H,9,10)(H,11,12)/p-1. The van der Waals surface area contributed by atoms with Crippen molar-refractivity contribution in [1.29, 1.82) is 0 Å². The van der Waals surface area contributed by atoms with E-state index in [-0.39, 0.29) is 18.7 Å². The molecule has 0 bridgehead atoms. The van der Waals surface area contributed by atoms with E-state index in [4.69, 9.17) is 0 Å². The molecule has 0 aromatic heterocycles. The topological polar surface area (TPSA) is 69.2 Å². The first-order valence-corrected chi connectivity index (χ1v) is 3.74. The van der Waals surface area contributed by atoms with Gasteiger partial charge in [0.25, 0.3) is 0 Å². The zero-order chi connectivity index (χ0) is 9.40. The van der Waals surface area contributed by atoms with Crippen LogP contribution >= 0.6 is 0 Å². The van der Waals surface area contributed by atoms with E-state index in [1.54, 1.807) is 6.08 Å². The molecule has 0 aliphatic rings. The van der Waals surface area contributed by atoms with Crippen molar-refractivity contribution in [3.05, 3.63) is 12.7 Å². The third kappa shape index (κ3) is 6.80. The third-order valence-electron chi connectivity index (χ3n) is 1.23. The highest BCUT2D eigenvalue weighted by atomic mass is 16.4. The molecule has 0 atom stereocenters. The molecule has 4 heteroatoms. The number of amides is 1. The van der Waals surface area contributed by atoms with Crippen LogP contribution in [-0.4, -0.2) is 18.4 Å². The van der Waals surface area contributed by atoms with E-state index >= 15 is 0 Å². The average Bonchev–Trinajstić information content (AvgIpc) is 2.00. The van der Waals surface area contributed by atoms with E-state index in [1.165, 1.54) is 0 Å². The minimum atomic E-state index is -1.12. The van der Waals surface area contributed by atoms with Gasteiger partial charge >= 0.3 is 0 Å². The van der Waals surface area contributed by atoms with Crippen molar-refractivity contribution in [2.24, 2.45) is 0 Å². The zero-order valence-electron chi connectivity index (χ0n) is 6.84. The highest BCUT2D eigenvalue weighted by Crippen LogP contribution is 1.93. The molecule has 0 saturated heterocycles. The van der Waals surface area contributed by atoms with Crippen molar-refractivity contribution >= 4 is 11.9 Å². The molecule has 0 rings (SSSR count). The molecule has 12 heavy (non-hydrogen) atoms. The Hall–Kier alpha value is -1.32. The maximum absolute atomic E-state index is 10.8. The number of hydrogen-bond donors (Lipinski definition) is 1. The van der Waals surface area contributed by atoms with Gasteiger partial charge in [-0.3, -0.25) is 4.79 Å². The second-order valence-electron chi connectivity index (χ2n) is 2.32. The van der Waals surface area contributed by atoms with Crippen LogP contribution in [0.4, 0.5) is 0 Å². The number of carbonyl (C=O) groups is 2. The Balaban J connectivity index is 3.31. The third-order valence-corrected chi connectivity index (χ3v) is 1.23. The second-order valence-corrected chi connectivity index (χ2v) is 2.32. The van der Waals surface area contributed by atoms with Crippen molar-refractivity contribution in [3.63, 3.8) is 0 Å². The summed E-state index contributed by atoms with van der Waals surface area (Å²) in [6.07, 6.45) is 2.05. The summed E-state index contributed by atoms with van der Waals surface area (Å²) < 4.78 is 0. The van der Waals surface area contributed by atoms with E-state index in [2.05, 4.69) is 11.9 Å². The monoisotopic (exact) mass is 170 g/mol. The van der Waals surface area contributed by atoms with Crippen LogP contribution in [-0.2, 0) is 9.59 Å². The molecule has 0 aromatic rings. The van der Waals surface area contributed by atoms with Crippen molar-refractivity contribution < 1.29 is 14.7 Å². The first kappa shape index (κ1) is 10.7. The van der Waals surface area contributed by atoms with E-state index in [0.717, 1.165) is 0 Å². The number of hydrogen-bond acceptors (Lipinski definition) is 3. The van der Waals surface area contributed by atoms with E-state index in [1.807, 2.05) is 0 Å². The molecule has 0 aromatic carbocycles. The zero-order valence-corrected chi connectivity index (χ0v) is 6.84. The summed E-state index contributed by atoms with van der Waals surface area (Å²) in [7, 11) is 0. The maximum atomic E-state index is 10.8. The molecular weight excluding hydrogens is 158 g/mol. The van der Waals surface area contributed by atoms with Gasteiger partial charge in [-0.15, -0.1) is 6.58 Å². The first-order valence-electron chi connectivity index (χ1n) is 3.74. The van der Waals surface area contributed by atoms with E-state index < -0.39 is 5.97 Å². The summed E-state index contributed by atoms with van der Waals surface area (Å²) in [6, 6.07) is 0. The van der Waals surface area contributed by atoms with Crippen LogP contribution in [0.25, 0.3) is 0 Å². The van der Waals surface area contributed by atoms with Gasteiger partial charge in [0.05, 0.1) is 0 Å². The van der Waals surface area contributed by atoms with Gasteiger partial charge in [-0.2, -0.15) is 0 Å². The molecule has 0 unspecified atom stereocenters. The number of rotatable bonds is 6. The van der Waals surface area contributed by atoms with E-state index in [0.29, 0.717) is 13.0 Å². The summed E-state index contributed by atoms with van der Waals surface area (Å²) in [6.45, 7) is 3.84. The van der Waals surface area contributed by atoms with Crippen LogP contribution in [0.15, 0.2) is 12.7 Å². The Bertz CT molecular complexity index is 177. The van der Waals surface area contributed by atoms with Gasteiger partial charge < -0.3 is 15.2 Å². The van der Waals surface area contributed by atoms with Crippen molar-refractivity contribution in [3.8, 4) is 0 Å². The maximum Gasteiger partial charge on any atom is 0.220 e. The lowest BCUT2D eigenvalue weighted by Crippen LogP contribution is -2.25. The predicted octanol–water partition coefficient (Wildman–Crippen LogP) is -0.791. The average molecular weight is 170 g/mol. The van der Waals surface area contributed by atoms with Crippen LogP contribution in [0, 0.1) is 0 Å². The fourth-order valence-corrected chi connectivity index (χ4v) is 0.668. The van der Waals surface area contributed by atoms with E-state index in [9.17, 15) is 14.7 Å². The molecule has 0 fully saturated rings. The summed E-state index contributed by atoms with van der Waals surface area (Å²) in [5, 5.41) is 12.5. The van der Waals surface area contributed by atoms with Gasteiger partial charge in [-0.05, 0) is 12.8 Å². The Morgan fingerprint density at radius 2 is 2.08 bits per heavy atom. The van der Waals surface area contributed by atoms with Crippen LogP contribution in [0.3, 0.4) is 0 Å². The lowest BCUT2D eigenvalue weighted by Gasteiger charge is -2.02.